The van der Waals surface area contributed by atoms with E-state index in [1.165, 1.54) is 18.4 Å². The number of aliphatic imine (C=N–C) groups is 1. The first-order valence-corrected chi connectivity index (χ1v) is 11.2. The maximum Gasteiger partial charge on any atom is 0.490 e. The summed E-state index contributed by atoms with van der Waals surface area (Å²) in [4.78, 5) is 31.7. The summed E-state index contributed by atoms with van der Waals surface area (Å²) in [5, 5.41) is 11.2. The quantitative estimate of drug-likeness (QED) is 0.726. The van der Waals surface area contributed by atoms with Gasteiger partial charge in [-0.1, -0.05) is 5.16 Å². The van der Waals surface area contributed by atoms with Crippen LogP contribution in [-0.4, -0.2) is 69.1 Å². The zero-order valence-corrected chi connectivity index (χ0v) is 19.0. The van der Waals surface area contributed by atoms with Gasteiger partial charge in [0, 0.05) is 37.7 Å². The Bertz CT molecular complexity index is 952. The van der Waals surface area contributed by atoms with Crippen LogP contribution in [0.2, 0.25) is 0 Å². The smallest absolute Gasteiger partial charge is 0.475 e. The van der Waals surface area contributed by atoms with Crippen LogP contribution in [0.5, 0.6) is 0 Å². The van der Waals surface area contributed by atoms with E-state index in [-0.39, 0.29) is 5.91 Å². The Kier molecular flexibility index (Phi) is 6.05. The second-order valence-corrected chi connectivity index (χ2v) is 9.65. The molecule has 0 aromatic carbocycles. The molecule has 8 nitrogen and oxygen atoms in total. The first-order chi connectivity index (χ1) is 15.4. The molecule has 2 aliphatic carbocycles. The fourth-order valence-electron chi connectivity index (χ4n) is 5.42. The van der Waals surface area contributed by atoms with Gasteiger partial charge in [0.05, 0.1) is 5.69 Å². The number of aliphatic carboxylic acids is 1. The van der Waals surface area contributed by atoms with Gasteiger partial charge in [0.1, 0.15) is 17.1 Å². The standard InChI is InChI=1S/C20H28N4O2.C2HF3O2/c1-12-17(13(2)26-22-12)10-23-9-16-6-7-20(18(16)11-23)19(25)24(14(3)21-20)8-15-4-5-15;3-2(4,5)1(6)7/h15-16,18H,4-11H2,1-3H3;(H,6,7)/t16-,18+,20-;/m1./s1. The molecule has 1 amide bonds. The summed E-state index contributed by atoms with van der Waals surface area (Å²) in [6.07, 6.45) is -0.510. The van der Waals surface area contributed by atoms with E-state index < -0.39 is 17.7 Å². The van der Waals surface area contributed by atoms with Crippen LogP contribution in [0.25, 0.3) is 0 Å². The molecule has 2 aliphatic heterocycles. The van der Waals surface area contributed by atoms with E-state index in [0.717, 1.165) is 56.3 Å². The monoisotopic (exact) mass is 470 g/mol. The van der Waals surface area contributed by atoms with Gasteiger partial charge in [-0.2, -0.15) is 13.2 Å². The topological polar surface area (TPSA) is 99.2 Å². The molecule has 1 aromatic rings. The van der Waals surface area contributed by atoms with Crippen molar-refractivity contribution >= 4 is 17.7 Å². The fourth-order valence-corrected chi connectivity index (χ4v) is 5.42. The van der Waals surface area contributed by atoms with E-state index >= 15 is 0 Å². The number of hydrogen-bond acceptors (Lipinski definition) is 6. The number of carbonyl (C=O) groups excluding carboxylic acids is 1. The lowest BCUT2D eigenvalue weighted by Gasteiger charge is -2.28. The molecule has 3 atom stereocenters. The molecule has 182 valence electrons. The summed E-state index contributed by atoms with van der Waals surface area (Å²) in [6.45, 7) is 9.78. The lowest BCUT2D eigenvalue weighted by atomic mass is 9.85. The second kappa shape index (κ2) is 8.41. The number of amidine groups is 1. The summed E-state index contributed by atoms with van der Waals surface area (Å²) in [5.74, 6) is 1.03. The fraction of sp³-hybridized carbons (Fsp3) is 0.727. The molecular formula is C22H29F3N4O4. The molecule has 2 saturated carbocycles. The van der Waals surface area contributed by atoms with Crippen LogP contribution in [0.4, 0.5) is 13.2 Å². The Hall–Kier alpha value is -2.43. The number of aryl methyl sites for hydroxylation is 2. The van der Waals surface area contributed by atoms with Gasteiger partial charge in [-0.25, -0.2) is 4.79 Å². The third kappa shape index (κ3) is 4.51. The van der Waals surface area contributed by atoms with Crippen molar-refractivity contribution in [2.45, 2.75) is 64.7 Å². The minimum atomic E-state index is -5.08. The molecule has 0 bridgehead atoms. The molecule has 0 radical (unpaired) electrons. The van der Waals surface area contributed by atoms with Gasteiger partial charge in [-0.05, 0) is 58.3 Å². The molecule has 3 heterocycles. The second-order valence-electron chi connectivity index (χ2n) is 9.65. The van der Waals surface area contributed by atoms with Gasteiger partial charge in [-0.3, -0.25) is 19.6 Å². The van der Waals surface area contributed by atoms with E-state index in [4.69, 9.17) is 19.4 Å². The number of hydrogen-bond donors (Lipinski definition) is 1. The Morgan fingerprint density at radius 2 is 1.88 bits per heavy atom. The van der Waals surface area contributed by atoms with Crippen LogP contribution in [0.15, 0.2) is 9.52 Å². The van der Waals surface area contributed by atoms with E-state index in [1.54, 1.807) is 0 Å². The molecule has 4 aliphatic rings. The molecule has 1 N–H and O–H groups in total. The average Bonchev–Trinajstić information content (AvgIpc) is 3.15. The minimum Gasteiger partial charge on any atom is -0.475 e. The highest BCUT2D eigenvalue weighted by molar-refractivity contribution is 6.07. The maximum absolute atomic E-state index is 13.3. The Labute approximate surface area is 189 Å². The van der Waals surface area contributed by atoms with E-state index in [1.807, 2.05) is 25.7 Å². The van der Waals surface area contributed by atoms with E-state index in [2.05, 4.69) is 10.1 Å². The number of alkyl halides is 3. The average molecular weight is 470 g/mol. The summed E-state index contributed by atoms with van der Waals surface area (Å²) in [7, 11) is 0. The van der Waals surface area contributed by atoms with Gasteiger partial charge >= 0.3 is 12.1 Å². The van der Waals surface area contributed by atoms with Crippen molar-refractivity contribution in [3.63, 3.8) is 0 Å². The number of amides is 1. The van der Waals surface area contributed by atoms with Crippen molar-refractivity contribution in [2.75, 3.05) is 19.6 Å². The van der Waals surface area contributed by atoms with E-state index in [9.17, 15) is 18.0 Å². The predicted octanol–water partition coefficient (Wildman–Crippen LogP) is 3.18. The first kappa shape index (κ1) is 23.7. The van der Waals surface area contributed by atoms with Crippen molar-refractivity contribution < 1.29 is 32.4 Å². The van der Waals surface area contributed by atoms with Crippen molar-refractivity contribution in [1.82, 2.24) is 15.0 Å². The molecule has 11 heteroatoms. The number of rotatable bonds is 4. The number of nitrogens with zero attached hydrogens (tertiary/aromatic N) is 4. The highest BCUT2D eigenvalue weighted by atomic mass is 19.4. The summed E-state index contributed by atoms with van der Waals surface area (Å²) in [5.41, 5.74) is 1.71. The van der Waals surface area contributed by atoms with Gasteiger partial charge in [0.15, 0.2) is 0 Å². The van der Waals surface area contributed by atoms with Crippen LogP contribution in [0.3, 0.4) is 0 Å². The Balaban J connectivity index is 0.000000325. The van der Waals surface area contributed by atoms with Gasteiger partial charge in [0.25, 0.3) is 5.91 Å². The minimum absolute atomic E-state index is 0.286. The molecule has 1 aromatic heterocycles. The Morgan fingerprint density at radius 3 is 2.42 bits per heavy atom. The summed E-state index contributed by atoms with van der Waals surface area (Å²) < 4.78 is 37.1. The van der Waals surface area contributed by atoms with Crippen LogP contribution in [0, 0.1) is 31.6 Å². The van der Waals surface area contributed by atoms with Crippen LogP contribution in [-0.2, 0) is 16.1 Å². The Morgan fingerprint density at radius 1 is 1.21 bits per heavy atom. The maximum atomic E-state index is 13.3. The largest absolute Gasteiger partial charge is 0.490 e. The van der Waals surface area contributed by atoms with E-state index in [0.29, 0.717) is 17.8 Å². The van der Waals surface area contributed by atoms with Gasteiger partial charge in [0.2, 0.25) is 0 Å². The zero-order valence-electron chi connectivity index (χ0n) is 19.0. The van der Waals surface area contributed by atoms with Crippen molar-refractivity contribution in [1.29, 1.82) is 0 Å². The third-order valence-electron chi connectivity index (χ3n) is 7.34. The van der Waals surface area contributed by atoms with Crippen molar-refractivity contribution in [3.05, 3.63) is 17.0 Å². The van der Waals surface area contributed by atoms with Crippen molar-refractivity contribution in [3.8, 4) is 0 Å². The van der Waals surface area contributed by atoms with Crippen LogP contribution < -0.4 is 0 Å². The molecule has 1 saturated heterocycles. The van der Waals surface area contributed by atoms with Gasteiger partial charge < -0.3 is 9.63 Å². The number of likely N-dealkylation sites (tertiary alicyclic amines) is 1. The number of carboxylic acids is 1. The molecule has 0 unspecified atom stereocenters. The number of aromatic nitrogens is 1. The molecule has 33 heavy (non-hydrogen) atoms. The highest BCUT2D eigenvalue weighted by Crippen LogP contribution is 2.51. The summed E-state index contributed by atoms with van der Waals surface area (Å²) in [6, 6.07) is 0. The van der Waals surface area contributed by atoms with Gasteiger partial charge in [-0.15, -0.1) is 0 Å². The number of carbonyl (C=O) groups is 2. The van der Waals surface area contributed by atoms with Crippen LogP contribution in [0.1, 0.15) is 49.6 Å². The molecule has 3 fully saturated rings. The zero-order chi connectivity index (χ0) is 24.1. The predicted molar refractivity (Wildman–Crippen MR) is 111 cm³/mol. The van der Waals surface area contributed by atoms with Crippen molar-refractivity contribution in [2.24, 2.45) is 22.7 Å². The molecule has 5 rings (SSSR count). The highest BCUT2D eigenvalue weighted by Gasteiger charge is 2.60. The lowest BCUT2D eigenvalue weighted by molar-refractivity contribution is -0.192. The lowest BCUT2D eigenvalue weighted by Crippen LogP contribution is -2.47. The number of carboxylic acid groups (broad SMARTS) is 1. The van der Waals surface area contributed by atoms with Crippen LogP contribution >= 0.6 is 0 Å². The third-order valence-corrected chi connectivity index (χ3v) is 7.34. The first-order valence-electron chi connectivity index (χ1n) is 11.2. The SMILES string of the molecule is CC1=N[C@@]2(CC[C@@H]3CN(Cc4c(C)noc4C)C[C@@H]32)C(=O)N1CC1CC1.O=C(O)C(F)(F)F. The molecular weight excluding hydrogens is 441 g/mol. The number of fused-ring (bicyclic) bond motifs is 2. The normalized spacial score (nSPS) is 29.3. The number of halogens is 3. The molecule has 1 spiro atoms. The summed E-state index contributed by atoms with van der Waals surface area (Å²) >= 11 is 0.